The molecule has 1 aromatic rings. The molecular weight excluding hydrogens is 332 g/mol. The zero-order chi connectivity index (χ0) is 20.7. The van der Waals surface area contributed by atoms with Crippen molar-refractivity contribution in [1.29, 1.82) is 0 Å². The summed E-state index contributed by atoms with van der Waals surface area (Å²) < 4.78 is 0. The minimum Gasteiger partial charge on any atom is -0.507 e. The van der Waals surface area contributed by atoms with Crippen LogP contribution in [0.15, 0.2) is 12.1 Å². The van der Waals surface area contributed by atoms with E-state index in [2.05, 4.69) is 5.43 Å². The van der Waals surface area contributed by atoms with Gasteiger partial charge in [-0.2, -0.15) is 0 Å². The van der Waals surface area contributed by atoms with E-state index in [0.717, 1.165) is 5.01 Å². The summed E-state index contributed by atoms with van der Waals surface area (Å²) in [6.45, 7) is 16.8. The zero-order valence-electron chi connectivity index (χ0n) is 17.3. The van der Waals surface area contributed by atoms with Crippen LogP contribution in [0, 0.1) is 0 Å². The first-order valence-corrected chi connectivity index (χ1v) is 8.68. The van der Waals surface area contributed by atoms with E-state index in [0.29, 0.717) is 16.7 Å². The summed E-state index contributed by atoms with van der Waals surface area (Å²) in [6.07, 6.45) is -1.24. The molecule has 0 aliphatic rings. The molecule has 26 heavy (non-hydrogen) atoms. The number of phenolic OH excluding ortho intramolecular Hbond substituents is 1. The maximum absolute atomic E-state index is 12.8. The van der Waals surface area contributed by atoms with E-state index in [1.165, 1.54) is 0 Å². The number of nitrogens with zero attached hydrogens (tertiary/aromatic N) is 1. The lowest BCUT2D eigenvalue weighted by Gasteiger charge is -2.33. The van der Waals surface area contributed by atoms with E-state index in [-0.39, 0.29) is 16.6 Å². The second-order valence-electron chi connectivity index (χ2n) is 9.65. The molecule has 6 nitrogen and oxygen atoms in total. The monoisotopic (exact) mass is 364 g/mol. The SMILES string of the molecule is CC(C)(C)c1cc(C(=O)NN(C(=O)O)C(C)(C)C)cc(C(C)(C)C)c1O. The first kappa shape index (κ1) is 21.8. The third-order valence-corrected chi connectivity index (χ3v) is 4.06. The number of nitrogens with one attached hydrogen (secondary N) is 1. The number of amides is 2. The fraction of sp³-hybridized carbons (Fsp3) is 0.600. The van der Waals surface area contributed by atoms with Crippen LogP contribution >= 0.6 is 0 Å². The number of hydrazine groups is 1. The normalized spacial score (nSPS) is 12.7. The van der Waals surface area contributed by atoms with Crippen molar-refractivity contribution in [3.63, 3.8) is 0 Å². The summed E-state index contributed by atoms with van der Waals surface area (Å²) in [5.41, 5.74) is 2.52. The number of carbonyl (C=O) groups excluding carboxylic acids is 1. The second kappa shape index (κ2) is 6.82. The molecule has 0 atom stereocenters. The standard InChI is InChI=1S/C20H32N2O4/c1-18(2,3)13-10-12(11-14(15(13)23)19(4,5)6)16(24)21-22(17(25)26)20(7,8)9/h10-11,23H,1-9H3,(H,21,24)(H,25,26). The smallest absolute Gasteiger partial charge is 0.426 e. The molecule has 0 bridgehead atoms. The molecule has 0 spiro atoms. The van der Waals surface area contributed by atoms with Crippen LogP contribution in [0.1, 0.15) is 83.8 Å². The molecule has 3 N–H and O–H groups in total. The number of carbonyl (C=O) groups is 2. The van der Waals surface area contributed by atoms with Crippen LogP contribution in [0.5, 0.6) is 5.75 Å². The highest BCUT2D eigenvalue weighted by Gasteiger charge is 2.31. The first-order chi connectivity index (χ1) is 11.5. The predicted molar refractivity (Wildman–Crippen MR) is 103 cm³/mol. The molecule has 1 aromatic carbocycles. The van der Waals surface area contributed by atoms with Gasteiger partial charge < -0.3 is 10.2 Å². The van der Waals surface area contributed by atoms with Crippen molar-refractivity contribution in [3.05, 3.63) is 28.8 Å². The Morgan fingerprint density at radius 2 is 1.27 bits per heavy atom. The van der Waals surface area contributed by atoms with E-state index in [9.17, 15) is 19.8 Å². The highest BCUT2D eigenvalue weighted by molar-refractivity contribution is 5.95. The molecule has 0 unspecified atom stereocenters. The molecule has 0 aromatic heterocycles. The molecule has 146 valence electrons. The van der Waals surface area contributed by atoms with Crippen molar-refractivity contribution >= 4 is 12.0 Å². The van der Waals surface area contributed by atoms with Crippen LogP contribution in [0.4, 0.5) is 4.79 Å². The fourth-order valence-electron chi connectivity index (χ4n) is 2.58. The Kier molecular flexibility index (Phi) is 5.72. The van der Waals surface area contributed by atoms with Crippen molar-refractivity contribution in [3.8, 4) is 5.75 Å². The first-order valence-electron chi connectivity index (χ1n) is 8.68. The fourth-order valence-corrected chi connectivity index (χ4v) is 2.58. The number of aromatic hydroxyl groups is 1. The zero-order valence-corrected chi connectivity index (χ0v) is 17.3. The Hall–Kier alpha value is -2.24. The Bertz CT molecular complexity index is 669. The van der Waals surface area contributed by atoms with Gasteiger partial charge in [0, 0.05) is 16.7 Å². The highest BCUT2D eigenvalue weighted by Crippen LogP contribution is 2.39. The Labute approximate surface area is 156 Å². The molecule has 0 aliphatic heterocycles. The molecule has 1 rings (SSSR count). The Balaban J connectivity index is 3.49. The highest BCUT2D eigenvalue weighted by atomic mass is 16.4. The van der Waals surface area contributed by atoms with E-state index in [4.69, 9.17) is 0 Å². The summed E-state index contributed by atoms with van der Waals surface area (Å²) in [5.74, 6) is -0.356. The van der Waals surface area contributed by atoms with Crippen LogP contribution in [0.25, 0.3) is 0 Å². The molecule has 0 saturated carbocycles. The number of carboxylic acid groups (broad SMARTS) is 1. The number of phenols is 1. The molecule has 0 aliphatic carbocycles. The second-order valence-corrected chi connectivity index (χ2v) is 9.65. The molecule has 0 radical (unpaired) electrons. The van der Waals surface area contributed by atoms with Gasteiger partial charge in [0.05, 0.1) is 5.54 Å². The van der Waals surface area contributed by atoms with Gasteiger partial charge in [0.1, 0.15) is 5.75 Å². The minimum atomic E-state index is -1.24. The van der Waals surface area contributed by atoms with E-state index < -0.39 is 17.5 Å². The van der Waals surface area contributed by atoms with Crippen molar-refractivity contribution < 1.29 is 19.8 Å². The van der Waals surface area contributed by atoms with Gasteiger partial charge in [0.25, 0.3) is 5.91 Å². The average Bonchev–Trinajstić information content (AvgIpc) is 2.40. The van der Waals surface area contributed by atoms with Gasteiger partial charge in [0.2, 0.25) is 0 Å². The van der Waals surface area contributed by atoms with Crippen molar-refractivity contribution in [2.24, 2.45) is 0 Å². The molecule has 6 heteroatoms. The van der Waals surface area contributed by atoms with Gasteiger partial charge in [-0.15, -0.1) is 0 Å². The third kappa shape index (κ3) is 4.90. The molecule has 0 saturated heterocycles. The number of benzene rings is 1. The van der Waals surface area contributed by atoms with Crippen LogP contribution < -0.4 is 5.43 Å². The van der Waals surface area contributed by atoms with Crippen molar-refractivity contribution in [2.45, 2.75) is 78.7 Å². The summed E-state index contributed by atoms with van der Waals surface area (Å²) in [6, 6.07) is 3.26. The van der Waals surface area contributed by atoms with Gasteiger partial charge >= 0.3 is 6.09 Å². The van der Waals surface area contributed by atoms with E-state index >= 15 is 0 Å². The molecule has 0 fully saturated rings. The molecule has 0 heterocycles. The summed E-state index contributed by atoms with van der Waals surface area (Å²) >= 11 is 0. The topological polar surface area (TPSA) is 89.9 Å². The van der Waals surface area contributed by atoms with Gasteiger partial charge in [0.15, 0.2) is 0 Å². The lowest BCUT2D eigenvalue weighted by molar-refractivity contribution is 0.0497. The average molecular weight is 364 g/mol. The van der Waals surface area contributed by atoms with Crippen LogP contribution in [-0.2, 0) is 10.8 Å². The third-order valence-electron chi connectivity index (χ3n) is 4.06. The van der Waals surface area contributed by atoms with Crippen molar-refractivity contribution in [2.75, 3.05) is 0 Å². The lowest BCUT2D eigenvalue weighted by atomic mass is 9.78. The van der Waals surface area contributed by atoms with Gasteiger partial charge in [-0.1, -0.05) is 41.5 Å². The predicted octanol–water partition coefficient (Wildman–Crippen LogP) is 4.41. The Morgan fingerprint density at radius 3 is 1.54 bits per heavy atom. The van der Waals surface area contributed by atoms with Crippen LogP contribution in [0.3, 0.4) is 0 Å². The quantitative estimate of drug-likeness (QED) is 0.644. The van der Waals surface area contributed by atoms with Crippen LogP contribution in [0.2, 0.25) is 0 Å². The van der Waals surface area contributed by atoms with E-state index in [1.807, 2.05) is 41.5 Å². The minimum absolute atomic E-state index is 0.174. The number of hydrogen-bond donors (Lipinski definition) is 3. The number of hydrogen-bond acceptors (Lipinski definition) is 3. The number of rotatable bonds is 1. The maximum Gasteiger partial charge on any atom is 0.426 e. The van der Waals surface area contributed by atoms with Gasteiger partial charge in [-0.3, -0.25) is 10.2 Å². The van der Waals surface area contributed by atoms with Gasteiger partial charge in [-0.25, -0.2) is 9.80 Å². The van der Waals surface area contributed by atoms with Crippen LogP contribution in [-0.4, -0.2) is 32.8 Å². The van der Waals surface area contributed by atoms with Crippen molar-refractivity contribution in [1.82, 2.24) is 10.4 Å². The van der Waals surface area contributed by atoms with E-state index in [1.54, 1.807) is 32.9 Å². The summed E-state index contributed by atoms with van der Waals surface area (Å²) in [7, 11) is 0. The Morgan fingerprint density at radius 1 is 0.885 bits per heavy atom. The summed E-state index contributed by atoms with van der Waals surface area (Å²) in [5, 5.41) is 21.0. The molecular formula is C20H32N2O4. The van der Waals surface area contributed by atoms with Gasteiger partial charge in [-0.05, 0) is 43.7 Å². The summed E-state index contributed by atoms with van der Waals surface area (Å²) in [4.78, 5) is 24.3. The molecule has 2 amide bonds. The largest absolute Gasteiger partial charge is 0.507 e. The maximum atomic E-state index is 12.8. The lowest BCUT2D eigenvalue weighted by Crippen LogP contribution is -2.55.